The highest BCUT2D eigenvalue weighted by Gasteiger charge is 2.06. The first-order chi connectivity index (χ1) is 8.24. The van der Waals surface area contributed by atoms with E-state index in [1.54, 1.807) is 12.0 Å². The van der Waals surface area contributed by atoms with Gasteiger partial charge < -0.3 is 9.64 Å². The number of methoxy groups -OCH3 is 1. The first-order valence-corrected chi connectivity index (χ1v) is 6.01. The van der Waals surface area contributed by atoms with Crippen molar-refractivity contribution < 1.29 is 9.53 Å². The molecule has 0 aliphatic rings. The normalized spacial score (nSPS) is 10.2. The number of amides is 1. The Hall–Kier alpha value is -1.35. The maximum Gasteiger partial charge on any atom is 0.248 e. The molecule has 0 bridgehead atoms. The molecule has 0 aliphatic carbocycles. The Bertz CT molecular complexity index is 324. The van der Waals surface area contributed by atoms with E-state index in [9.17, 15) is 4.79 Å². The van der Waals surface area contributed by atoms with Crippen molar-refractivity contribution in [2.45, 2.75) is 19.3 Å². The molecule has 3 heteroatoms. The summed E-state index contributed by atoms with van der Waals surface area (Å²) in [6, 6.07) is 10.4. The predicted molar refractivity (Wildman–Crippen MR) is 68.9 cm³/mol. The number of hydrogen-bond donors (Lipinski definition) is 0. The van der Waals surface area contributed by atoms with Crippen LogP contribution in [0.5, 0.6) is 0 Å². The average Bonchev–Trinajstić information content (AvgIpc) is 2.36. The van der Waals surface area contributed by atoms with Crippen molar-refractivity contribution in [3.05, 3.63) is 35.9 Å². The van der Waals surface area contributed by atoms with Crippen LogP contribution in [0.1, 0.15) is 18.4 Å². The highest BCUT2D eigenvalue weighted by Crippen LogP contribution is 2.05. The number of carbonyl (C=O) groups is 1. The molecule has 1 amide bonds. The van der Waals surface area contributed by atoms with Gasteiger partial charge in [-0.2, -0.15) is 0 Å². The number of ether oxygens (including phenoxy) is 1. The lowest BCUT2D eigenvalue weighted by Crippen LogP contribution is -2.30. The second-order valence-electron chi connectivity index (χ2n) is 4.19. The van der Waals surface area contributed by atoms with Crippen molar-refractivity contribution in [1.82, 2.24) is 4.90 Å². The van der Waals surface area contributed by atoms with Gasteiger partial charge in [-0.3, -0.25) is 4.79 Å². The van der Waals surface area contributed by atoms with Crippen molar-refractivity contribution in [3.63, 3.8) is 0 Å². The number of hydrogen-bond acceptors (Lipinski definition) is 2. The van der Waals surface area contributed by atoms with Crippen LogP contribution in [0.2, 0.25) is 0 Å². The molecule has 0 saturated heterocycles. The molecular weight excluding hydrogens is 214 g/mol. The van der Waals surface area contributed by atoms with E-state index in [0.717, 1.165) is 25.8 Å². The molecule has 94 valence electrons. The third kappa shape index (κ3) is 5.50. The quantitative estimate of drug-likeness (QED) is 0.677. The molecule has 0 radical (unpaired) electrons. The molecule has 1 rings (SSSR count). The second-order valence-corrected chi connectivity index (χ2v) is 4.19. The third-order valence-corrected chi connectivity index (χ3v) is 2.75. The fraction of sp³-hybridized carbons (Fsp3) is 0.500. The topological polar surface area (TPSA) is 29.5 Å². The maximum absolute atomic E-state index is 11.4. The van der Waals surface area contributed by atoms with Gasteiger partial charge in [-0.15, -0.1) is 0 Å². The van der Waals surface area contributed by atoms with E-state index in [-0.39, 0.29) is 12.5 Å². The van der Waals surface area contributed by atoms with Gasteiger partial charge in [-0.25, -0.2) is 0 Å². The minimum atomic E-state index is 0.0483. The molecule has 3 nitrogen and oxygen atoms in total. The summed E-state index contributed by atoms with van der Waals surface area (Å²) in [6.45, 7) is 0.976. The molecule has 0 heterocycles. The van der Waals surface area contributed by atoms with Crippen LogP contribution in [0.15, 0.2) is 30.3 Å². The predicted octanol–water partition coefficient (Wildman–Crippen LogP) is 2.11. The van der Waals surface area contributed by atoms with Crippen molar-refractivity contribution in [1.29, 1.82) is 0 Å². The molecule has 0 N–H and O–H groups in total. The van der Waals surface area contributed by atoms with Crippen LogP contribution in [0.3, 0.4) is 0 Å². The van der Waals surface area contributed by atoms with Crippen molar-refractivity contribution in [2.24, 2.45) is 0 Å². The minimum absolute atomic E-state index is 0.0483. The average molecular weight is 235 g/mol. The first kappa shape index (κ1) is 13.7. The van der Waals surface area contributed by atoms with Crippen LogP contribution in [0, 0.1) is 0 Å². The van der Waals surface area contributed by atoms with Gasteiger partial charge >= 0.3 is 0 Å². The Balaban J connectivity index is 2.14. The smallest absolute Gasteiger partial charge is 0.248 e. The van der Waals surface area contributed by atoms with Crippen LogP contribution >= 0.6 is 0 Å². The molecule has 17 heavy (non-hydrogen) atoms. The van der Waals surface area contributed by atoms with E-state index in [1.165, 1.54) is 5.56 Å². The number of carbonyl (C=O) groups excluding carboxylic acids is 1. The highest BCUT2D eigenvalue weighted by atomic mass is 16.5. The molecule has 0 aromatic heterocycles. The van der Waals surface area contributed by atoms with Crippen molar-refractivity contribution >= 4 is 5.91 Å². The summed E-state index contributed by atoms with van der Waals surface area (Å²) in [5, 5.41) is 0. The summed E-state index contributed by atoms with van der Waals surface area (Å²) < 4.78 is 4.81. The molecule has 1 aromatic carbocycles. The number of rotatable bonds is 7. The van der Waals surface area contributed by atoms with Crippen LogP contribution in [0.25, 0.3) is 0 Å². The lowest BCUT2D eigenvalue weighted by Gasteiger charge is -2.16. The summed E-state index contributed by atoms with van der Waals surface area (Å²) in [5.41, 5.74) is 1.36. The number of unbranched alkanes of at least 4 members (excludes halogenated alkanes) is 1. The van der Waals surface area contributed by atoms with Gasteiger partial charge in [0.05, 0.1) is 0 Å². The monoisotopic (exact) mass is 235 g/mol. The van der Waals surface area contributed by atoms with Crippen LogP contribution < -0.4 is 0 Å². The maximum atomic E-state index is 11.4. The number of benzene rings is 1. The number of likely N-dealkylation sites (N-methyl/N-ethyl adjacent to an activating group) is 1. The van der Waals surface area contributed by atoms with Gasteiger partial charge in [-0.05, 0) is 24.8 Å². The van der Waals surface area contributed by atoms with E-state index in [2.05, 4.69) is 24.3 Å². The van der Waals surface area contributed by atoms with E-state index in [0.29, 0.717) is 0 Å². The zero-order valence-corrected chi connectivity index (χ0v) is 10.7. The summed E-state index contributed by atoms with van der Waals surface area (Å²) >= 11 is 0. The Morgan fingerprint density at radius 1 is 1.24 bits per heavy atom. The lowest BCUT2D eigenvalue weighted by atomic mass is 10.1. The second kappa shape index (κ2) is 7.85. The summed E-state index contributed by atoms with van der Waals surface area (Å²) in [7, 11) is 3.37. The largest absolute Gasteiger partial charge is 0.375 e. The Morgan fingerprint density at radius 3 is 2.59 bits per heavy atom. The zero-order valence-electron chi connectivity index (χ0n) is 10.7. The Kier molecular flexibility index (Phi) is 6.33. The Morgan fingerprint density at radius 2 is 1.94 bits per heavy atom. The van der Waals surface area contributed by atoms with Gasteiger partial charge in [-0.1, -0.05) is 30.3 Å². The highest BCUT2D eigenvalue weighted by molar-refractivity contribution is 5.77. The fourth-order valence-electron chi connectivity index (χ4n) is 1.68. The Labute approximate surface area is 103 Å². The fourth-order valence-corrected chi connectivity index (χ4v) is 1.68. The summed E-state index contributed by atoms with van der Waals surface area (Å²) in [4.78, 5) is 13.1. The van der Waals surface area contributed by atoms with Crippen LogP contribution in [-0.2, 0) is 16.0 Å². The van der Waals surface area contributed by atoms with Gasteiger partial charge in [0, 0.05) is 20.7 Å². The SMILES string of the molecule is COCC(=O)N(C)CCCCc1ccccc1. The zero-order chi connectivity index (χ0) is 12.5. The van der Waals surface area contributed by atoms with Gasteiger partial charge in [0.15, 0.2) is 0 Å². The van der Waals surface area contributed by atoms with Crippen molar-refractivity contribution in [2.75, 3.05) is 27.3 Å². The minimum Gasteiger partial charge on any atom is -0.375 e. The van der Waals surface area contributed by atoms with Crippen LogP contribution in [-0.4, -0.2) is 38.1 Å². The van der Waals surface area contributed by atoms with E-state index >= 15 is 0 Å². The van der Waals surface area contributed by atoms with E-state index < -0.39 is 0 Å². The van der Waals surface area contributed by atoms with Crippen molar-refractivity contribution in [3.8, 4) is 0 Å². The molecule has 0 saturated carbocycles. The van der Waals surface area contributed by atoms with Gasteiger partial charge in [0.1, 0.15) is 6.61 Å². The molecule has 0 spiro atoms. The standard InChI is InChI=1S/C14H21NO2/c1-15(14(16)12-17-2)11-7-6-10-13-8-4-3-5-9-13/h3-5,8-9H,6-7,10-12H2,1-2H3. The molecular formula is C14H21NO2. The third-order valence-electron chi connectivity index (χ3n) is 2.75. The van der Waals surface area contributed by atoms with E-state index in [1.807, 2.05) is 13.1 Å². The lowest BCUT2D eigenvalue weighted by molar-refractivity contribution is -0.133. The van der Waals surface area contributed by atoms with Crippen LogP contribution in [0.4, 0.5) is 0 Å². The first-order valence-electron chi connectivity index (χ1n) is 6.01. The van der Waals surface area contributed by atoms with E-state index in [4.69, 9.17) is 4.74 Å². The molecule has 1 aromatic rings. The number of nitrogens with zero attached hydrogens (tertiary/aromatic N) is 1. The summed E-state index contributed by atoms with van der Waals surface area (Å²) in [6.07, 6.45) is 3.21. The number of aryl methyl sites for hydroxylation is 1. The molecule has 0 atom stereocenters. The van der Waals surface area contributed by atoms with Gasteiger partial charge in [0.25, 0.3) is 0 Å². The molecule has 0 aliphatic heterocycles. The van der Waals surface area contributed by atoms with Gasteiger partial charge in [0.2, 0.25) is 5.91 Å². The summed E-state index contributed by atoms with van der Waals surface area (Å²) in [5.74, 6) is 0.0483. The molecule has 0 fully saturated rings. The molecule has 0 unspecified atom stereocenters.